The summed E-state index contributed by atoms with van der Waals surface area (Å²) in [5.41, 5.74) is 0.870. The van der Waals surface area contributed by atoms with E-state index in [2.05, 4.69) is 22.6 Å². The molecule has 2 rings (SSSR count). The molecule has 1 aliphatic heterocycles. The number of rotatable bonds is 3. The SMILES string of the molecule is O=C([O-])CN1C(=O)/C(=C\c2ccc(I)cc2)SC1=S. The van der Waals surface area contributed by atoms with Crippen molar-refractivity contribution in [1.82, 2.24) is 4.90 Å². The molecule has 1 saturated heterocycles. The first-order chi connectivity index (χ1) is 8.97. The third kappa shape index (κ3) is 3.54. The number of carbonyl (C=O) groups excluding carboxylic acids is 2. The van der Waals surface area contributed by atoms with Crippen LogP contribution in [0.25, 0.3) is 6.08 Å². The molecule has 19 heavy (non-hydrogen) atoms. The normalized spacial score (nSPS) is 17.3. The quantitative estimate of drug-likeness (QED) is 0.431. The van der Waals surface area contributed by atoms with Crippen LogP contribution in [0.3, 0.4) is 0 Å². The maximum Gasteiger partial charge on any atom is 0.266 e. The number of nitrogens with zero attached hydrogens (tertiary/aromatic N) is 1. The van der Waals surface area contributed by atoms with E-state index < -0.39 is 18.4 Å². The molecule has 1 amide bonds. The number of hydrogen-bond donors (Lipinski definition) is 0. The summed E-state index contributed by atoms with van der Waals surface area (Å²) in [6.45, 7) is -0.505. The van der Waals surface area contributed by atoms with Gasteiger partial charge < -0.3 is 9.90 Å². The van der Waals surface area contributed by atoms with Gasteiger partial charge in [0, 0.05) is 3.57 Å². The number of carboxylic acids is 1. The Morgan fingerprint density at radius 3 is 2.63 bits per heavy atom. The molecule has 1 aliphatic rings. The van der Waals surface area contributed by atoms with Gasteiger partial charge in [-0.15, -0.1) is 0 Å². The Hall–Kier alpha value is -0.930. The zero-order valence-corrected chi connectivity index (χ0v) is 13.3. The minimum atomic E-state index is -1.33. The molecular weight excluding hydrogens is 397 g/mol. The second-order valence-electron chi connectivity index (χ2n) is 3.69. The fraction of sp³-hybridized carbons (Fsp3) is 0.0833. The van der Waals surface area contributed by atoms with E-state index in [-0.39, 0.29) is 4.32 Å². The van der Waals surface area contributed by atoms with Gasteiger partial charge >= 0.3 is 0 Å². The van der Waals surface area contributed by atoms with Gasteiger partial charge in [-0.25, -0.2) is 0 Å². The first-order valence-electron chi connectivity index (χ1n) is 5.18. The van der Waals surface area contributed by atoms with Crippen molar-refractivity contribution in [3.8, 4) is 0 Å². The van der Waals surface area contributed by atoms with Gasteiger partial charge in [0.1, 0.15) is 4.32 Å². The van der Waals surface area contributed by atoms with Crippen LogP contribution in [0.5, 0.6) is 0 Å². The van der Waals surface area contributed by atoms with Crippen LogP contribution in [-0.2, 0) is 9.59 Å². The van der Waals surface area contributed by atoms with E-state index in [4.69, 9.17) is 12.2 Å². The molecule has 0 spiro atoms. The van der Waals surface area contributed by atoms with E-state index in [1.165, 1.54) is 0 Å². The molecule has 98 valence electrons. The van der Waals surface area contributed by atoms with Gasteiger partial charge in [-0.1, -0.05) is 36.1 Å². The highest BCUT2D eigenvalue weighted by molar-refractivity contribution is 14.1. The number of thioether (sulfide) groups is 1. The standard InChI is InChI=1S/C12H8INO3S2/c13-8-3-1-7(2-4-8)5-9-11(17)14(6-10(15)16)12(18)19-9/h1-5H,6H2,(H,15,16)/p-1/b9-5+. The maximum atomic E-state index is 12.0. The molecular formula is C12H7INO3S2-. The Balaban J connectivity index is 2.23. The first kappa shape index (κ1) is 14.5. The van der Waals surface area contributed by atoms with Crippen molar-refractivity contribution in [1.29, 1.82) is 0 Å². The third-order valence-corrected chi connectivity index (χ3v) is 4.43. The molecule has 1 aromatic carbocycles. The van der Waals surface area contributed by atoms with Crippen LogP contribution >= 0.6 is 46.6 Å². The van der Waals surface area contributed by atoms with Crippen LogP contribution < -0.4 is 5.11 Å². The lowest BCUT2D eigenvalue weighted by Crippen LogP contribution is -2.40. The minimum absolute atomic E-state index is 0.242. The summed E-state index contributed by atoms with van der Waals surface area (Å²) in [5, 5.41) is 10.6. The lowest BCUT2D eigenvalue weighted by atomic mass is 10.2. The van der Waals surface area contributed by atoms with Gasteiger partial charge in [0.05, 0.1) is 17.4 Å². The molecule has 1 fully saturated rings. The molecule has 0 radical (unpaired) electrons. The van der Waals surface area contributed by atoms with Crippen LogP contribution in [0.1, 0.15) is 5.56 Å². The minimum Gasteiger partial charge on any atom is -0.548 e. The fourth-order valence-corrected chi connectivity index (χ4v) is 3.09. The molecule has 0 atom stereocenters. The number of thiocarbonyl (C=S) groups is 1. The zero-order valence-electron chi connectivity index (χ0n) is 9.46. The van der Waals surface area contributed by atoms with Crippen LogP contribution in [0.2, 0.25) is 0 Å². The zero-order chi connectivity index (χ0) is 14.0. The highest BCUT2D eigenvalue weighted by atomic mass is 127. The number of hydrogen-bond acceptors (Lipinski definition) is 5. The maximum absolute atomic E-state index is 12.0. The number of benzene rings is 1. The van der Waals surface area contributed by atoms with Gasteiger partial charge in [-0.3, -0.25) is 9.69 Å². The lowest BCUT2D eigenvalue weighted by molar-refractivity contribution is -0.305. The average molecular weight is 404 g/mol. The van der Waals surface area contributed by atoms with Crippen molar-refractivity contribution in [3.05, 3.63) is 38.3 Å². The van der Waals surface area contributed by atoms with Crippen molar-refractivity contribution >= 4 is 68.8 Å². The molecule has 7 heteroatoms. The van der Waals surface area contributed by atoms with Crippen molar-refractivity contribution < 1.29 is 14.7 Å². The first-order valence-corrected chi connectivity index (χ1v) is 7.48. The van der Waals surface area contributed by atoms with E-state index in [1.54, 1.807) is 6.08 Å². The Morgan fingerprint density at radius 2 is 2.05 bits per heavy atom. The second kappa shape index (κ2) is 6.02. The van der Waals surface area contributed by atoms with E-state index in [0.717, 1.165) is 25.8 Å². The summed E-state index contributed by atoms with van der Waals surface area (Å²) in [5.74, 6) is -1.72. The van der Waals surface area contributed by atoms with Crippen LogP contribution in [0.4, 0.5) is 0 Å². The Bertz CT molecular complexity index is 583. The summed E-state index contributed by atoms with van der Waals surface area (Å²) in [4.78, 5) is 24.0. The molecule has 1 aromatic rings. The van der Waals surface area contributed by atoms with E-state index in [1.807, 2.05) is 24.3 Å². The van der Waals surface area contributed by atoms with Crippen LogP contribution in [0, 0.1) is 3.57 Å². The summed E-state index contributed by atoms with van der Waals surface area (Å²) >= 11 is 8.27. The summed E-state index contributed by atoms with van der Waals surface area (Å²) in [7, 11) is 0. The van der Waals surface area contributed by atoms with Gasteiger partial charge in [0.15, 0.2) is 0 Å². The van der Waals surface area contributed by atoms with E-state index in [9.17, 15) is 14.7 Å². The van der Waals surface area contributed by atoms with Crippen molar-refractivity contribution in [3.63, 3.8) is 0 Å². The number of amides is 1. The number of carbonyl (C=O) groups is 2. The predicted octanol–water partition coefficient (Wildman–Crippen LogP) is 1.24. The predicted molar refractivity (Wildman–Crippen MR) is 84.0 cm³/mol. The number of halogens is 1. The second-order valence-corrected chi connectivity index (χ2v) is 6.61. The highest BCUT2D eigenvalue weighted by Crippen LogP contribution is 2.32. The molecule has 0 unspecified atom stereocenters. The van der Waals surface area contributed by atoms with Crippen LogP contribution in [0.15, 0.2) is 29.2 Å². The van der Waals surface area contributed by atoms with Gasteiger partial charge in [-0.2, -0.15) is 0 Å². The summed E-state index contributed by atoms with van der Waals surface area (Å²) in [6.07, 6.45) is 1.70. The number of carboxylic acid groups (broad SMARTS) is 1. The molecule has 0 aliphatic carbocycles. The van der Waals surface area contributed by atoms with Crippen molar-refractivity contribution in [2.45, 2.75) is 0 Å². The molecule has 0 bridgehead atoms. The van der Waals surface area contributed by atoms with Crippen molar-refractivity contribution in [2.24, 2.45) is 0 Å². The fourth-order valence-electron chi connectivity index (χ4n) is 1.48. The van der Waals surface area contributed by atoms with Crippen LogP contribution in [-0.4, -0.2) is 27.6 Å². The monoisotopic (exact) mass is 404 g/mol. The number of aliphatic carboxylic acids is 1. The Labute approximate surface area is 133 Å². The molecule has 1 heterocycles. The van der Waals surface area contributed by atoms with Gasteiger partial charge in [0.2, 0.25) is 0 Å². The topological polar surface area (TPSA) is 60.4 Å². The Kier molecular flexibility index (Phi) is 4.58. The van der Waals surface area contributed by atoms with E-state index >= 15 is 0 Å². The van der Waals surface area contributed by atoms with E-state index in [0.29, 0.717) is 4.91 Å². The highest BCUT2D eigenvalue weighted by Gasteiger charge is 2.31. The lowest BCUT2D eigenvalue weighted by Gasteiger charge is -2.14. The summed E-state index contributed by atoms with van der Waals surface area (Å²) in [6, 6.07) is 7.61. The van der Waals surface area contributed by atoms with Crippen molar-refractivity contribution in [2.75, 3.05) is 6.54 Å². The molecule has 0 aromatic heterocycles. The van der Waals surface area contributed by atoms with Gasteiger partial charge in [-0.05, 0) is 46.4 Å². The summed E-state index contributed by atoms with van der Waals surface area (Å²) < 4.78 is 1.34. The molecule has 0 saturated carbocycles. The van der Waals surface area contributed by atoms with Gasteiger partial charge in [0.25, 0.3) is 5.91 Å². The Morgan fingerprint density at radius 1 is 1.42 bits per heavy atom. The molecule has 4 nitrogen and oxygen atoms in total. The third-order valence-electron chi connectivity index (χ3n) is 2.33. The average Bonchev–Trinajstić information content (AvgIpc) is 2.60. The smallest absolute Gasteiger partial charge is 0.266 e. The molecule has 0 N–H and O–H groups in total. The largest absolute Gasteiger partial charge is 0.548 e.